The van der Waals surface area contributed by atoms with Gasteiger partial charge in [0.25, 0.3) is 0 Å². The molecular weight excluding hydrogens is 889 g/mol. The third-order valence-corrected chi connectivity index (χ3v) is 12.3. The lowest BCUT2D eigenvalue weighted by Crippen LogP contribution is -2.31. The van der Waals surface area contributed by atoms with Gasteiger partial charge in [0, 0.05) is 25.4 Å². The van der Waals surface area contributed by atoms with Gasteiger partial charge in [-0.25, -0.2) is 19.2 Å². The van der Waals surface area contributed by atoms with E-state index in [9.17, 15) is 38.4 Å². The van der Waals surface area contributed by atoms with Gasteiger partial charge in [0.1, 0.15) is 47.3 Å². The summed E-state index contributed by atoms with van der Waals surface area (Å²) >= 11 is 0. The van der Waals surface area contributed by atoms with Gasteiger partial charge >= 0.3 is 47.8 Å². The molecule has 2 aromatic carbocycles. The molecule has 0 atom stereocenters. The van der Waals surface area contributed by atoms with Crippen molar-refractivity contribution in [1.82, 2.24) is 0 Å². The Hall–Kier alpha value is -6.40. The van der Waals surface area contributed by atoms with Crippen molar-refractivity contribution >= 4 is 47.8 Å². The highest BCUT2D eigenvalue weighted by Crippen LogP contribution is 2.36. The SMILES string of the molecule is C=CC(=O)OCCOCC1CCC(C(=O)Oc2ccc(OC(=O)C3CCC(C(=O)Oc4ccc(OC(=O)C5CCC(COCCOC(=O)C=C)CC5)cc4C(=O)OC)CC3)c(C(=O)OC)c2)CC1. The minimum Gasteiger partial charge on any atom is -0.465 e. The van der Waals surface area contributed by atoms with E-state index in [0.717, 1.165) is 37.8 Å². The van der Waals surface area contributed by atoms with Crippen molar-refractivity contribution in [3.63, 3.8) is 0 Å². The van der Waals surface area contributed by atoms with Gasteiger partial charge in [-0.3, -0.25) is 19.2 Å². The lowest BCUT2D eigenvalue weighted by Gasteiger charge is -2.27. The third kappa shape index (κ3) is 15.9. The lowest BCUT2D eigenvalue weighted by atomic mass is 9.82. The van der Waals surface area contributed by atoms with Crippen molar-refractivity contribution in [1.29, 1.82) is 0 Å². The van der Waals surface area contributed by atoms with Gasteiger partial charge in [0.2, 0.25) is 0 Å². The summed E-state index contributed by atoms with van der Waals surface area (Å²) in [7, 11) is 2.34. The summed E-state index contributed by atoms with van der Waals surface area (Å²) in [4.78, 5) is 101. The third-order valence-electron chi connectivity index (χ3n) is 12.3. The smallest absolute Gasteiger partial charge is 0.341 e. The van der Waals surface area contributed by atoms with Crippen molar-refractivity contribution < 1.29 is 85.7 Å². The molecule has 0 amide bonds. The molecule has 3 aliphatic carbocycles. The summed E-state index contributed by atoms with van der Waals surface area (Å²) in [6.45, 7) is 8.43. The molecule has 0 unspecified atom stereocenters. The van der Waals surface area contributed by atoms with Gasteiger partial charge in [-0.1, -0.05) is 13.2 Å². The second-order valence-corrected chi connectivity index (χ2v) is 16.9. The molecule has 3 fully saturated rings. The molecule has 368 valence electrons. The van der Waals surface area contributed by atoms with Crippen molar-refractivity contribution in [2.75, 3.05) is 53.9 Å². The highest BCUT2D eigenvalue weighted by Gasteiger charge is 2.35. The Morgan fingerprint density at radius 1 is 0.471 bits per heavy atom. The molecular formula is C50H60O18. The zero-order chi connectivity index (χ0) is 49.0. The van der Waals surface area contributed by atoms with E-state index in [1.807, 2.05) is 0 Å². The van der Waals surface area contributed by atoms with E-state index in [2.05, 4.69) is 13.2 Å². The second-order valence-electron chi connectivity index (χ2n) is 16.9. The first-order chi connectivity index (χ1) is 32.8. The monoisotopic (exact) mass is 948 g/mol. The second kappa shape index (κ2) is 26.8. The number of ether oxygens (including phenoxy) is 10. The molecule has 0 spiro atoms. The molecule has 18 nitrogen and oxygen atoms in total. The molecule has 5 rings (SSSR count). The van der Waals surface area contributed by atoms with E-state index in [1.54, 1.807) is 0 Å². The fraction of sp³-hybridized carbons (Fsp3) is 0.520. The highest BCUT2D eigenvalue weighted by atomic mass is 16.6. The van der Waals surface area contributed by atoms with E-state index < -0.39 is 59.6 Å². The summed E-state index contributed by atoms with van der Waals surface area (Å²) in [6, 6.07) is 8.17. The van der Waals surface area contributed by atoms with Gasteiger partial charge in [-0.05, 0) is 125 Å². The van der Waals surface area contributed by atoms with Crippen molar-refractivity contribution in [3.05, 3.63) is 72.8 Å². The van der Waals surface area contributed by atoms with Crippen LogP contribution in [0.3, 0.4) is 0 Å². The number of benzene rings is 2. The van der Waals surface area contributed by atoms with Crippen LogP contribution in [-0.2, 0) is 57.2 Å². The summed E-state index contributed by atoms with van der Waals surface area (Å²) < 4.78 is 53.5. The maximum Gasteiger partial charge on any atom is 0.341 e. The molecule has 2 aromatic rings. The van der Waals surface area contributed by atoms with E-state index >= 15 is 0 Å². The molecule has 18 heteroatoms. The van der Waals surface area contributed by atoms with Crippen LogP contribution in [0, 0.1) is 35.5 Å². The lowest BCUT2D eigenvalue weighted by molar-refractivity contribution is -0.145. The standard InChI is InChI=1S/C50H60O18/c1-5-43(51)63-25-23-61-29-31-7-11-33(12-8-31)45(53)65-37-19-21-41(39(27-37)49(57)59-3)67-47(55)35-15-17-36(18-16-35)48(56)68-42-22-20-38(28-40(42)50(58)60-4)66-46(54)34-13-9-32(10-14-34)30-62-24-26-64-44(52)6-2/h5-6,19-22,27-28,31-36H,1-2,7-18,23-26,29-30H2,3-4H3. The van der Waals surface area contributed by atoms with Gasteiger partial charge < -0.3 is 47.4 Å². The van der Waals surface area contributed by atoms with Crippen molar-refractivity contribution in [3.8, 4) is 23.0 Å². The normalized spacial score (nSPS) is 21.1. The van der Waals surface area contributed by atoms with E-state index in [4.69, 9.17) is 47.4 Å². The van der Waals surface area contributed by atoms with Crippen LogP contribution in [0.1, 0.15) is 97.8 Å². The molecule has 0 saturated heterocycles. The Morgan fingerprint density at radius 3 is 1.12 bits per heavy atom. The number of hydrogen-bond donors (Lipinski definition) is 0. The summed E-state index contributed by atoms with van der Waals surface area (Å²) in [5.41, 5.74) is -0.225. The largest absolute Gasteiger partial charge is 0.465 e. The summed E-state index contributed by atoms with van der Waals surface area (Å²) in [5, 5.41) is 0. The minimum atomic E-state index is -0.807. The average Bonchev–Trinajstić information content (AvgIpc) is 3.36. The van der Waals surface area contributed by atoms with E-state index in [-0.39, 0.29) is 110 Å². The predicted octanol–water partition coefficient (Wildman–Crippen LogP) is 6.49. The Bertz CT molecular complexity index is 1970. The van der Waals surface area contributed by atoms with Gasteiger partial charge in [-0.15, -0.1) is 0 Å². The van der Waals surface area contributed by atoms with Crippen LogP contribution in [-0.4, -0.2) is 102 Å². The topological polar surface area (TPSA) is 229 Å². The number of methoxy groups -OCH3 is 2. The average molecular weight is 949 g/mol. The number of hydrogen-bond acceptors (Lipinski definition) is 18. The van der Waals surface area contributed by atoms with Crippen molar-refractivity contribution in [2.24, 2.45) is 35.5 Å². The fourth-order valence-electron chi connectivity index (χ4n) is 8.36. The first kappa shape index (κ1) is 52.6. The number of esters is 8. The molecule has 3 aliphatic rings. The summed E-state index contributed by atoms with van der Waals surface area (Å²) in [5.74, 6) is -6.21. The number of rotatable bonds is 22. The van der Waals surface area contributed by atoms with Crippen LogP contribution < -0.4 is 18.9 Å². The molecule has 3 saturated carbocycles. The maximum absolute atomic E-state index is 13.4. The Morgan fingerprint density at radius 2 is 0.794 bits per heavy atom. The number of carbonyl (C=O) groups is 8. The number of carbonyl (C=O) groups excluding carboxylic acids is 8. The molecule has 0 aromatic heterocycles. The van der Waals surface area contributed by atoms with E-state index in [1.165, 1.54) is 50.6 Å². The molecule has 0 radical (unpaired) electrons. The first-order valence-corrected chi connectivity index (χ1v) is 22.9. The Labute approximate surface area is 394 Å². The molecule has 0 bridgehead atoms. The Kier molecular flexibility index (Phi) is 20.7. The van der Waals surface area contributed by atoms with Crippen molar-refractivity contribution in [2.45, 2.75) is 77.0 Å². The van der Waals surface area contributed by atoms with Gasteiger partial charge in [0.05, 0.1) is 51.1 Å². The molecule has 0 heterocycles. The van der Waals surface area contributed by atoms with Crippen LogP contribution in [0.2, 0.25) is 0 Å². The zero-order valence-corrected chi connectivity index (χ0v) is 38.6. The van der Waals surface area contributed by atoms with Crippen LogP contribution in [0.5, 0.6) is 23.0 Å². The van der Waals surface area contributed by atoms with Crippen LogP contribution in [0.25, 0.3) is 0 Å². The van der Waals surface area contributed by atoms with Crippen LogP contribution in [0.4, 0.5) is 0 Å². The van der Waals surface area contributed by atoms with Gasteiger partial charge in [0.15, 0.2) is 0 Å². The molecule has 0 aliphatic heterocycles. The molecule has 0 N–H and O–H groups in total. The maximum atomic E-state index is 13.4. The van der Waals surface area contributed by atoms with Gasteiger partial charge in [-0.2, -0.15) is 0 Å². The van der Waals surface area contributed by atoms with Crippen LogP contribution >= 0.6 is 0 Å². The highest BCUT2D eigenvalue weighted by molar-refractivity contribution is 5.95. The fourth-order valence-corrected chi connectivity index (χ4v) is 8.36. The zero-order valence-electron chi connectivity index (χ0n) is 38.6. The Balaban J connectivity index is 1.07. The first-order valence-electron chi connectivity index (χ1n) is 22.9. The van der Waals surface area contributed by atoms with E-state index in [0.29, 0.717) is 38.9 Å². The minimum absolute atomic E-state index is 0.0798. The summed E-state index contributed by atoms with van der Waals surface area (Å²) in [6.07, 6.45) is 8.54. The quantitative estimate of drug-likeness (QED) is 0.0404. The predicted molar refractivity (Wildman–Crippen MR) is 238 cm³/mol. The molecule has 68 heavy (non-hydrogen) atoms. The van der Waals surface area contributed by atoms with Crippen LogP contribution in [0.15, 0.2) is 61.7 Å².